The van der Waals surface area contributed by atoms with Gasteiger partial charge in [0, 0.05) is 63.2 Å². The molecule has 0 bridgehead atoms. The summed E-state index contributed by atoms with van der Waals surface area (Å²) in [5.74, 6) is -1.60. The molecule has 4 fully saturated rings. The Morgan fingerprint density at radius 3 is 2.37 bits per heavy atom. The van der Waals surface area contributed by atoms with E-state index in [1.807, 2.05) is 36.0 Å². The van der Waals surface area contributed by atoms with Gasteiger partial charge in [-0.25, -0.2) is 13.8 Å². The lowest BCUT2D eigenvalue weighted by Crippen LogP contribution is -2.44. The van der Waals surface area contributed by atoms with E-state index in [9.17, 15) is 14.4 Å². The third-order valence-corrected chi connectivity index (χ3v) is 14.5. The molecule has 1 saturated carbocycles. The Morgan fingerprint density at radius 2 is 1.66 bits per heavy atom. The Balaban J connectivity index is 0.790. The molecule has 0 spiro atoms. The molecule has 10 rings (SSSR count). The minimum Gasteiger partial charge on any atom is -0.480 e. The van der Waals surface area contributed by atoms with Crippen LogP contribution in [0.3, 0.4) is 0 Å². The maximum Gasteiger partial charge on any atom is 0.301 e. The summed E-state index contributed by atoms with van der Waals surface area (Å²) in [6.45, 7) is 5.09. The zero-order valence-electron chi connectivity index (χ0n) is 35.1. The highest BCUT2D eigenvalue weighted by Gasteiger charge is 2.51. The molecule has 2 amide bonds. The van der Waals surface area contributed by atoms with Crippen LogP contribution in [-0.2, 0) is 23.7 Å². The molecule has 2 aromatic carbocycles. The fourth-order valence-corrected chi connectivity index (χ4v) is 10.6. The molecule has 326 valence electrons. The lowest BCUT2D eigenvalue weighted by atomic mass is 9.74. The summed E-state index contributed by atoms with van der Waals surface area (Å²) in [5.41, 5.74) is 3.91. The minimum absolute atomic E-state index is 0.104. The number of aryl methyl sites for hydroxylation is 2. The molecule has 7 heterocycles. The summed E-state index contributed by atoms with van der Waals surface area (Å²) in [6, 6.07) is 10.5. The van der Waals surface area contributed by atoms with Crippen molar-refractivity contribution in [1.82, 2.24) is 29.6 Å². The van der Waals surface area contributed by atoms with Crippen LogP contribution in [0, 0.1) is 23.7 Å². The maximum absolute atomic E-state index is 15.2. The van der Waals surface area contributed by atoms with E-state index in [-0.39, 0.29) is 29.2 Å². The lowest BCUT2D eigenvalue weighted by Gasteiger charge is -2.41. The predicted octanol–water partition coefficient (Wildman–Crippen LogP) is 7.12. The zero-order valence-corrected chi connectivity index (χ0v) is 35.9. The zero-order chi connectivity index (χ0) is 43.0. The number of halogens is 3. The van der Waals surface area contributed by atoms with Gasteiger partial charge < -0.3 is 29.7 Å². The highest BCUT2D eigenvalue weighted by Crippen LogP contribution is 2.46. The van der Waals surface area contributed by atoms with Crippen molar-refractivity contribution in [3.05, 3.63) is 63.7 Å². The molecule has 17 heteroatoms. The van der Waals surface area contributed by atoms with Crippen molar-refractivity contribution < 1.29 is 23.1 Å². The summed E-state index contributed by atoms with van der Waals surface area (Å²) < 4.78 is 39.2. The number of alkyl halides is 2. The number of para-hydroxylation sites is 1. The number of rotatable bonds is 8. The van der Waals surface area contributed by atoms with Crippen molar-refractivity contribution in [3.63, 3.8) is 0 Å². The number of carbonyl (C=O) groups excluding carboxylic acids is 2. The summed E-state index contributed by atoms with van der Waals surface area (Å²) >= 11 is 6.66. The predicted molar refractivity (Wildman–Crippen MR) is 235 cm³/mol. The Hall–Kier alpha value is -5.51. The van der Waals surface area contributed by atoms with Crippen LogP contribution in [0.5, 0.6) is 5.75 Å². The Morgan fingerprint density at radius 1 is 0.935 bits per heavy atom. The number of anilines is 5. The van der Waals surface area contributed by atoms with Crippen LogP contribution in [0.4, 0.5) is 37.6 Å². The first-order chi connectivity index (χ1) is 29.8. The smallest absolute Gasteiger partial charge is 0.301 e. The number of pyridine rings is 1. The van der Waals surface area contributed by atoms with Crippen LogP contribution >= 0.6 is 11.6 Å². The van der Waals surface area contributed by atoms with Crippen LogP contribution in [0.2, 0.25) is 5.02 Å². The monoisotopic (exact) mass is 868 g/mol. The first kappa shape index (κ1) is 40.6. The quantitative estimate of drug-likeness (QED) is 0.137. The van der Waals surface area contributed by atoms with Crippen LogP contribution in [-0.4, -0.2) is 80.9 Å². The van der Waals surface area contributed by atoms with Gasteiger partial charge in [-0.05, 0) is 92.9 Å². The molecular formula is C45H51ClF2N10O4. The van der Waals surface area contributed by atoms with Gasteiger partial charge in [0.25, 0.3) is 5.56 Å². The first-order valence-corrected chi connectivity index (χ1v) is 22.2. The average molecular weight is 869 g/mol. The van der Waals surface area contributed by atoms with E-state index in [0.717, 1.165) is 74.1 Å². The molecule has 3 saturated heterocycles. The second-order valence-corrected chi connectivity index (χ2v) is 18.4. The van der Waals surface area contributed by atoms with E-state index in [1.54, 1.807) is 19.3 Å². The minimum atomic E-state index is -3.13. The molecule has 1 aliphatic carbocycles. The number of amides is 2. The van der Waals surface area contributed by atoms with Gasteiger partial charge in [0.05, 0.1) is 46.3 Å². The van der Waals surface area contributed by atoms with Crippen molar-refractivity contribution in [2.24, 2.45) is 37.8 Å². The number of fused-ring (bicyclic) bond motifs is 4. The van der Waals surface area contributed by atoms with E-state index in [4.69, 9.17) is 26.4 Å². The summed E-state index contributed by atoms with van der Waals surface area (Å²) in [6.07, 6.45) is 8.03. The van der Waals surface area contributed by atoms with Gasteiger partial charge in [0.15, 0.2) is 12.4 Å². The van der Waals surface area contributed by atoms with E-state index in [1.165, 1.54) is 4.57 Å². The van der Waals surface area contributed by atoms with Crippen LogP contribution < -0.4 is 36.0 Å². The normalized spacial score (nSPS) is 22.8. The number of hydrogen-bond acceptors (Lipinski definition) is 11. The van der Waals surface area contributed by atoms with Crippen LogP contribution in [0.25, 0.3) is 21.8 Å². The molecule has 4 aliphatic heterocycles. The fourth-order valence-electron chi connectivity index (χ4n) is 10.5. The summed E-state index contributed by atoms with van der Waals surface area (Å²) in [5, 5.41) is 15.6. The largest absolute Gasteiger partial charge is 0.480 e. The van der Waals surface area contributed by atoms with Crippen LogP contribution in [0.1, 0.15) is 69.9 Å². The van der Waals surface area contributed by atoms with Gasteiger partial charge >= 0.3 is 5.92 Å². The summed E-state index contributed by atoms with van der Waals surface area (Å²) in [4.78, 5) is 52.0. The van der Waals surface area contributed by atoms with Gasteiger partial charge in [-0.3, -0.25) is 24.4 Å². The number of aromatic nitrogens is 5. The SMILES string of the molecule is C[C@H](C1CCN(c2ncc(Cl)c(Nc3ccc4c(c3)c3c(c(=O)n4C)OCC(F)(F)[C@H](C4CC4)N3)n2)CC1)C1CCN(c2cccc3c(C4CCC(=O)NC4=O)nn(C)c23)CC1. The fraction of sp³-hybridized carbons (Fsp3) is 0.511. The van der Waals surface area contributed by atoms with E-state index in [0.29, 0.717) is 76.8 Å². The lowest BCUT2D eigenvalue weighted by molar-refractivity contribution is -0.134. The van der Waals surface area contributed by atoms with Gasteiger partial charge in [-0.1, -0.05) is 30.7 Å². The van der Waals surface area contributed by atoms with Crippen LogP contribution in [0.15, 0.2) is 47.4 Å². The molecule has 5 aromatic rings. The Bertz CT molecular complexity index is 2650. The topological polar surface area (TPSA) is 152 Å². The Labute approximate surface area is 362 Å². The van der Waals surface area contributed by atoms with Gasteiger partial charge in [-0.15, -0.1) is 0 Å². The third-order valence-electron chi connectivity index (χ3n) is 14.2. The molecule has 14 nitrogen and oxygen atoms in total. The molecular weight excluding hydrogens is 818 g/mol. The van der Waals surface area contributed by atoms with Gasteiger partial charge in [-0.2, -0.15) is 10.1 Å². The van der Waals surface area contributed by atoms with Gasteiger partial charge in [0.1, 0.15) is 5.02 Å². The number of nitrogens with zero attached hydrogens (tertiary/aromatic N) is 7. The summed E-state index contributed by atoms with van der Waals surface area (Å²) in [7, 11) is 3.54. The molecule has 0 radical (unpaired) electrons. The molecule has 3 aromatic heterocycles. The number of piperidine rings is 3. The van der Waals surface area contributed by atoms with Gasteiger partial charge in [0.2, 0.25) is 23.5 Å². The third kappa shape index (κ3) is 7.27. The number of nitrogens with one attached hydrogen (secondary N) is 3. The van der Waals surface area contributed by atoms with E-state index >= 15 is 8.78 Å². The number of ether oxygens (including phenoxy) is 1. The van der Waals surface area contributed by atoms with Crippen molar-refractivity contribution in [1.29, 1.82) is 0 Å². The maximum atomic E-state index is 15.2. The van der Waals surface area contributed by atoms with Crippen molar-refractivity contribution in [3.8, 4) is 5.75 Å². The number of hydrogen-bond donors (Lipinski definition) is 3. The molecule has 3 N–H and O–H groups in total. The number of imide groups is 1. The Kier molecular flexibility index (Phi) is 10.3. The second kappa shape index (κ2) is 15.7. The molecule has 62 heavy (non-hydrogen) atoms. The van der Waals surface area contributed by atoms with E-state index < -0.39 is 30.0 Å². The molecule has 1 unspecified atom stereocenters. The highest BCUT2D eigenvalue weighted by molar-refractivity contribution is 6.33. The van der Waals surface area contributed by atoms with Crippen molar-refractivity contribution in [2.45, 2.75) is 76.2 Å². The average Bonchev–Trinajstić information content (AvgIpc) is 4.07. The highest BCUT2D eigenvalue weighted by atomic mass is 35.5. The molecule has 3 atom stereocenters. The number of benzene rings is 2. The van der Waals surface area contributed by atoms with Crippen molar-refractivity contribution >= 4 is 74.0 Å². The van der Waals surface area contributed by atoms with E-state index in [2.05, 4.69) is 43.7 Å². The first-order valence-electron chi connectivity index (χ1n) is 21.9. The second-order valence-electron chi connectivity index (χ2n) is 18.0. The number of carbonyl (C=O) groups is 2. The molecule has 5 aliphatic rings. The standard InChI is InChI=1S/C45H51ClF2N10O4/c1-24(25-13-17-57(18-14-25)34-6-4-5-29-36(54-56(3)38(29)34)30-10-12-35(59)51-42(30)60)26-15-19-58(20-16-26)44-49-22-32(46)41(53-44)50-28-9-11-33-31(21-28)37-39(43(61)55(33)2)62-23-45(47,48)40(52-37)27-7-8-27/h4-6,9,11,21-22,24-27,30,40,52H,7-8,10,12-20,23H2,1-3H3,(H,49,50,53)(H,51,59,60)/t24-,30?,40-/m0/s1. The van der Waals surface area contributed by atoms with Crippen molar-refractivity contribution in [2.75, 3.05) is 53.2 Å².